The second-order valence-electron chi connectivity index (χ2n) is 8.11. The van der Waals surface area contributed by atoms with Gasteiger partial charge in [-0.15, -0.1) is 0 Å². The van der Waals surface area contributed by atoms with E-state index in [1.807, 2.05) is 30.3 Å². The molecular formula is C27H27ClN2O5S. The number of rotatable bonds is 8. The summed E-state index contributed by atoms with van der Waals surface area (Å²) in [5.41, 5.74) is 1.90. The summed E-state index contributed by atoms with van der Waals surface area (Å²) in [5.74, 6) is 0.735. The number of nitrogens with zero attached hydrogens (tertiary/aromatic N) is 2. The van der Waals surface area contributed by atoms with Crippen molar-refractivity contribution in [2.75, 3.05) is 20.3 Å². The Hall–Kier alpha value is -3.36. The number of hydrogen-bond acceptors (Lipinski definition) is 7. The molecule has 3 aromatic rings. The standard InChI is InChI=1S/C27H27ClN2O5S/c1-5-13-35-19-10-7-17(8-11-19)14-22-25(31)30-24(20-15-18(28)9-12-21(20)33-4)23(26(32)34-6-2)16(3)29-27(30)36-22/h7-12,14-15,24H,5-6,13H2,1-4H3/b22-14+/t24-/m1/s1. The Bertz CT molecular complexity index is 1490. The molecule has 7 nitrogen and oxygen atoms in total. The van der Waals surface area contributed by atoms with Gasteiger partial charge in [-0.3, -0.25) is 9.36 Å². The monoisotopic (exact) mass is 526 g/mol. The van der Waals surface area contributed by atoms with Crippen LogP contribution in [0.2, 0.25) is 5.02 Å². The molecule has 1 atom stereocenters. The van der Waals surface area contributed by atoms with Crippen molar-refractivity contribution >= 4 is 35.0 Å². The molecule has 188 valence electrons. The fraction of sp³-hybridized carbons (Fsp3) is 0.296. The number of carbonyl (C=O) groups excluding carboxylic acids is 1. The smallest absolute Gasteiger partial charge is 0.338 e. The van der Waals surface area contributed by atoms with Gasteiger partial charge in [-0.2, -0.15) is 0 Å². The molecule has 0 fully saturated rings. The predicted molar refractivity (Wildman–Crippen MR) is 141 cm³/mol. The first-order valence-electron chi connectivity index (χ1n) is 11.6. The lowest BCUT2D eigenvalue weighted by Crippen LogP contribution is -2.40. The molecule has 1 aliphatic rings. The van der Waals surface area contributed by atoms with Gasteiger partial charge >= 0.3 is 5.97 Å². The first-order valence-corrected chi connectivity index (χ1v) is 12.8. The Morgan fingerprint density at radius 3 is 2.61 bits per heavy atom. The molecule has 0 saturated carbocycles. The third-order valence-electron chi connectivity index (χ3n) is 5.65. The largest absolute Gasteiger partial charge is 0.496 e. The summed E-state index contributed by atoms with van der Waals surface area (Å²) in [5, 5.41) is 0.455. The minimum atomic E-state index is -0.805. The highest BCUT2D eigenvalue weighted by atomic mass is 35.5. The average Bonchev–Trinajstić information content (AvgIpc) is 3.17. The summed E-state index contributed by atoms with van der Waals surface area (Å²) in [6.45, 7) is 6.36. The van der Waals surface area contributed by atoms with E-state index in [2.05, 4.69) is 11.9 Å². The molecule has 2 aromatic carbocycles. The van der Waals surface area contributed by atoms with Crippen molar-refractivity contribution in [3.8, 4) is 11.5 Å². The van der Waals surface area contributed by atoms with Crippen LogP contribution in [0.1, 0.15) is 44.4 Å². The number of carbonyl (C=O) groups is 1. The zero-order chi connectivity index (χ0) is 25.8. The van der Waals surface area contributed by atoms with Crippen LogP contribution in [0.5, 0.6) is 11.5 Å². The first-order chi connectivity index (χ1) is 17.4. The van der Waals surface area contributed by atoms with E-state index in [0.29, 0.717) is 38.0 Å². The average molecular weight is 527 g/mol. The highest BCUT2D eigenvalue weighted by Gasteiger charge is 2.35. The Labute approximate surface area is 217 Å². The van der Waals surface area contributed by atoms with Crippen LogP contribution in [0.15, 0.2) is 63.5 Å². The minimum Gasteiger partial charge on any atom is -0.496 e. The molecule has 0 saturated heterocycles. The summed E-state index contributed by atoms with van der Waals surface area (Å²) in [7, 11) is 1.53. The topological polar surface area (TPSA) is 79.1 Å². The van der Waals surface area contributed by atoms with Gasteiger partial charge in [0.25, 0.3) is 5.56 Å². The van der Waals surface area contributed by atoms with Crippen LogP contribution < -0.4 is 24.4 Å². The maximum atomic E-state index is 13.7. The van der Waals surface area contributed by atoms with Gasteiger partial charge in [0.1, 0.15) is 17.5 Å². The highest BCUT2D eigenvalue weighted by molar-refractivity contribution is 7.07. The summed E-state index contributed by atoms with van der Waals surface area (Å²) in [6, 6.07) is 11.9. The predicted octanol–water partition coefficient (Wildman–Crippen LogP) is 4.25. The van der Waals surface area contributed by atoms with Crippen molar-refractivity contribution in [2.24, 2.45) is 4.99 Å². The number of aromatic nitrogens is 1. The molecule has 36 heavy (non-hydrogen) atoms. The maximum absolute atomic E-state index is 13.7. The van der Waals surface area contributed by atoms with Gasteiger partial charge in [0.2, 0.25) is 0 Å². The molecule has 2 heterocycles. The van der Waals surface area contributed by atoms with Crippen LogP contribution in [0, 0.1) is 0 Å². The molecule has 0 spiro atoms. The summed E-state index contributed by atoms with van der Waals surface area (Å²) < 4.78 is 18.6. The number of ether oxygens (including phenoxy) is 3. The summed E-state index contributed by atoms with van der Waals surface area (Å²) >= 11 is 7.59. The molecule has 1 aromatic heterocycles. The van der Waals surface area contributed by atoms with Crippen molar-refractivity contribution in [3.05, 3.63) is 89.6 Å². The second-order valence-corrected chi connectivity index (χ2v) is 9.55. The van der Waals surface area contributed by atoms with E-state index in [9.17, 15) is 9.59 Å². The molecule has 1 aliphatic heterocycles. The number of esters is 1. The van der Waals surface area contributed by atoms with Crippen molar-refractivity contribution in [3.63, 3.8) is 0 Å². The van der Waals surface area contributed by atoms with Crippen LogP contribution in [0.25, 0.3) is 6.08 Å². The highest BCUT2D eigenvalue weighted by Crippen LogP contribution is 2.37. The van der Waals surface area contributed by atoms with E-state index in [1.165, 1.54) is 23.0 Å². The lowest BCUT2D eigenvalue weighted by molar-refractivity contribution is -0.139. The van der Waals surface area contributed by atoms with Gasteiger partial charge in [0.15, 0.2) is 4.80 Å². The number of benzene rings is 2. The van der Waals surface area contributed by atoms with Crippen molar-refractivity contribution in [1.82, 2.24) is 4.57 Å². The molecular weight excluding hydrogens is 500 g/mol. The van der Waals surface area contributed by atoms with Crippen LogP contribution in [0.3, 0.4) is 0 Å². The Balaban J connectivity index is 1.90. The zero-order valence-corrected chi connectivity index (χ0v) is 22.1. The van der Waals surface area contributed by atoms with Gasteiger partial charge in [-0.1, -0.05) is 42.0 Å². The van der Waals surface area contributed by atoms with E-state index < -0.39 is 12.0 Å². The molecule has 4 rings (SSSR count). The zero-order valence-electron chi connectivity index (χ0n) is 20.5. The number of allylic oxidation sites excluding steroid dienone is 1. The van der Waals surface area contributed by atoms with Gasteiger partial charge in [-0.25, -0.2) is 9.79 Å². The molecule has 0 amide bonds. The second kappa shape index (κ2) is 11.1. The maximum Gasteiger partial charge on any atom is 0.338 e. The Morgan fingerprint density at radius 2 is 1.94 bits per heavy atom. The number of fused-ring (bicyclic) bond motifs is 1. The SMILES string of the molecule is CCCOc1ccc(/C=c2/sc3n(c2=O)[C@H](c2cc(Cl)ccc2OC)C(C(=O)OCC)=C(C)N=3)cc1. The molecule has 0 radical (unpaired) electrons. The van der Waals surface area contributed by atoms with Crippen molar-refractivity contribution < 1.29 is 19.0 Å². The van der Waals surface area contributed by atoms with E-state index in [-0.39, 0.29) is 17.7 Å². The van der Waals surface area contributed by atoms with Gasteiger partial charge in [0, 0.05) is 10.6 Å². The normalized spacial score (nSPS) is 15.4. The quantitative estimate of drug-likeness (QED) is 0.410. The molecule has 0 aliphatic carbocycles. The van der Waals surface area contributed by atoms with Crippen LogP contribution in [-0.4, -0.2) is 30.9 Å². The van der Waals surface area contributed by atoms with Crippen LogP contribution >= 0.6 is 22.9 Å². The number of halogens is 1. The fourth-order valence-corrected chi connectivity index (χ4v) is 5.26. The summed E-state index contributed by atoms with van der Waals surface area (Å²) in [4.78, 5) is 31.9. The third kappa shape index (κ3) is 5.10. The fourth-order valence-electron chi connectivity index (χ4n) is 4.04. The number of methoxy groups -OCH3 is 1. The Morgan fingerprint density at radius 1 is 1.19 bits per heavy atom. The van der Waals surface area contributed by atoms with Crippen molar-refractivity contribution in [2.45, 2.75) is 33.2 Å². The summed E-state index contributed by atoms with van der Waals surface area (Å²) in [6.07, 6.45) is 2.73. The van der Waals surface area contributed by atoms with E-state index in [1.54, 1.807) is 32.0 Å². The number of thiazole rings is 1. The lowest BCUT2D eigenvalue weighted by Gasteiger charge is -2.26. The van der Waals surface area contributed by atoms with E-state index >= 15 is 0 Å². The number of hydrogen-bond donors (Lipinski definition) is 0. The molecule has 9 heteroatoms. The molecule has 0 unspecified atom stereocenters. The first kappa shape index (κ1) is 25.7. The minimum absolute atomic E-state index is 0.192. The van der Waals surface area contributed by atoms with Crippen molar-refractivity contribution in [1.29, 1.82) is 0 Å². The molecule has 0 bridgehead atoms. The van der Waals surface area contributed by atoms with E-state index in [0.717, 1.165) is 17.7 Å². The van der Waals surface area contributed by atoms with Gasteiger partial charge in [-0.05, 0) is 62.2 Å². The lowest BCUT2D eigenvalue weighted by atomic mass is 9.95. The third-order valence-corrected chi connectivity index (χ3v) is 6.87. The van der Waals surface area contributed by atoms with E-state index in [4.69, 9.17) is 25.8 Å². The molecule has 0 N–H and O–H groups in total. The van der Waals surface area contributed by atoms with Gasteiger partial charge in [0.05, 0.1) is 36.1 Å². The van der Waals surface area contributed by atoms with Crippen LogP contribution in [0.4, 0.5) is 0 Å². The van der Waals surface area contributed by atoms with Gasteiger partial charge < -0.3 is 14.2 Å². The van der Waals surface area contributed by atoms with Crippen LogP contribution in [-0.2, 0) is 9.53 Å². The Kier molecular flexibility index (Phi) is 7.96.